The van der Waals surface area contributed by atoms with Gasteiger partial charge in [0.05, 0.1) is 38.1 Å². The number of anilines is 2. The molecule has 2 aliphatic rings. The second-order valence-corrected chi connectivity index (χ2v) is 9.34. The molecule has 1 aromatic carbocycles. The van der Waals surface area contributed by atoms with Gasteiger partial charge in [0.25, 0.3) is 0 Å². The predicted molar refractivity (Wildman–Crippen MR) is 139 cm³/mol. The lowest BCUT2D eigenvalue weighted by atomic mass is 9.90. The lowest BCUT2D eigenvalue weighted by Gasteiger charge is -2.33. The number of halogens is 2. The summed E-state index contributed by atoms with van der Waals surface area (Å²) in [6.07, 6.45) is 5.00. The second kappa shape index (κ2) is 10.9. The SMILES string of the molecule is C=CC(=O)C[C@H]1CCOC[C@H]1Nc1ncc2cc(-c3c(F)c(OC)cc(OC)c3F)nc(N3CCC3)c2n1. The molecule has 0 radical (unpaired) electrons. The van der Waals surface area contributed by atoms with Gasteiger partial charge in [-0.25, -0.2) is 23.7 Å². The highest BCUT2D eigenvalue weighted by molar-refractivity contribution is 5.92. The first-order valence-electron chi connectivity index (χ1n) is 12.5. The summed E-state index contributed by atoms with van der Waals surface area (Å²) in [5, 5.41) is 3.89. The number of fused-ring (bicyclic) bond motifs is 1. The van der Waals surface area contributed by atoms with Gasteiger partial charge < -0.3 is 24.4 Å². The van der Waals surface area contributed by atoms with E-state index in [4.69, 9.17) is 19.2 Å². The van der Waals surface area contributed by atoms with Gasteiger partial charge in [0, 0.05) is 43.8 Å². The molecule has 200 valence electrons. The van der Waals surface area contributed by atoms with Crippen LogP contribution in [-0.4, -0.2) is 67.3 Å². The fourth-order valence-corrected chi connectivity index (χ4v) is 4.77. The van der Waals surface area contributed by atoms with E-state index in [1.54, 1.807) is 12.3 Å². The number of ether oxygens (including phenoxy) is 3. The maximum Gasteiger partial charge on any atom is 0.223 e. The molecule has 3 aromatic rings. The van der Waals surface area contributed by atoms with Crippen molar-refractivity contribution in [1.82, 2.24) is 15.0 Å². The number of pyridine rings is 1. The Kier molecular flexibility index (Phi) is 7.37. The van der Waals surface area contributed by atoms with E-state index in [9.17, 15) is 4.79 Å². The Morgan fingerprint density at radius 1 is 1.21 bits per heavy atom. The second-order valence-electron chi connectivity index (χ2n) is 9.34. The maximum absolute atomic E-state index is 15.3. The van der Waals surface area contributed by atoms with Gasteiger partial charge in [-0.05, 0) is 30.9 Å². The van der Waals surface area contributed by atoms with Gasteiger partial charge in [0.2, 0.25) is 5.95 Å². The average molecular weight is 526 g/mol. The maximum atomic E-state index is 15.3. The van der Waals surface area contributed by atoms with Crippen molar-refractivity contribution >= 4 is 28.5 Å². The molecule has 5 rings (SSSR count). The molecule has 2 fully saturated rings. The van der Waals surface area contributed by atoms with E-state index in [0.29, 0.717) is 42.3 Å². The summed E-state index contributed by atoms with van der Waals surface area (Å²) in [5.41, 5.74) is 0.290. The first-order chi connectivity index (χ1) is 18.4. The summed E-state index contributed by atoms with van der Waals surface area (Å²) in [6.45, 7) is 6.06. The molecule has 1 N–H and O–H groups in total. The van der Waals surface area contributed by atoms with Crippen LogP contribution in [0.1, 0.15) is 19.3 Å². The molecule has 11 heteroatoms. The summed E-state index contributed by atoms with van der Waals surface area (Å²) in [7, 11) is 2.60. The molecule has 0 aliphatic carbocycles. The van der Waals surface area contributed by atoms with E-state index >= 15 is 8.78 Å². The number of nitrogens with one attached hydrogen (secondary N) is 1. The molecule has 2 atom stereocenters. The monoisotopic (exact) mass is 525 g/mol. The number of allylic oxidation sites excluding steroid dienone is 1. The highest BCUT2D eigenvalue weighted by Gasteiger charge is 2.29. The van der Waals surface area contributed by atoms with Gasteiger partial charge in [-0.2, -0.15) is 0 Å². The Bertz CT molecular complexity index is 1350. The van der Waals surface area contributed by atoms with E-state index in [-0.39, 0.29) is 40.5 Å². The molecule has 0 bridgehead atoms. The summed E-state index contributed by atoms with van der Waals surface area (Å²) >= 11 is 0. The smallest absolute Gasteiger partial charge is 0.223 e. The van der Waals surface area contributed by atoms with E-state index in [0.717, 1.165) is 32.0 Å². The van der Waals surface area contributed by atoms with Gasteiger partial charge in [-0.1, -0.05) is 6.58 Å². The lowest BCUT2D eigenvalue weighted by molar-refractivity contribution is -0.116. The quantitative estimate of drug-likeness (QED) is 0.413. The first-order valence-corrected chi connectivity index (χ1v) is 12.5. The fourth-order valence-electron chi connectivity index (χ4n) is 4.77. The van der Waals surface area contributed by atoms with Crippen molar-refractivity contribution in [2.75, 3.05) is 50.7 Å². The van der Waals surface area contributed by atoms with E-state index in [2.05, 4.69) is 21.9 Å². The Labute approximate surface area is 218 Å². The molecular formula is C27H29F2N5O4. The van der Waals surface area contributed by atoms with Gasteiger partial charge in [0.15, 0.2) is 34.7 Å². The van der Waals surface area contributed by atoms with Crippen molar-refractivity contribution in [2.24, 2.45) is 5.92 Å². The van der Waals surface area contributed by atoms with Crippen LogP contribution in [0.5, 0.6) is 11.5 Å². The molecule has 2 aromatic heterocycles. The Balaban J connectivity index is 1.56. The summed E-state index contributed by atoms with van der Waals surface area (Å²) < 4.78 is 46.4. The number of hydrogen-bond donors (Lipinski definition) is 1. The standard InChI is InChI=1S/C27H29F2N5O4/c1-4-17(35)10-15-6-9-38-14-19(15)32-27-30-13-16-11-18(31-26(25(16)33-27)34-7-5-8-34)22-23(28)20(36-2)12-21(37-3)24(22)29/h4,11-13,15,19H,1,5-10,14H2,2-3H3,(H,30,32,33)/t15-,19-/m1/s1. The van der Waals surface area contributed by atoms with Crippen LogP contribution < -0.4 is 19.7 Å². The van der Waals surface area contributed by atoms with Crippen molar-refractivity contribution in [3.05, 3.63) is 42.6 Å². The normalized spacial score (nSPS) is 19.1. The van der Waals surface area contributed by atoms with Crippen LogP contribution >= 0.6 is 0 Å². The minimum atomic E-state index is -0.871. The molecule has 4 heterocycles. The highest BCUT2D eigenvalue weighted by Crippen LogP contribution is 2.39. The summed E-state index contributed by atoms with van der Waals surface area (Å²) in [5.74, 6) is -1.14. The molecule has 0 spiro atoms. The average Bonchev–Trinajstić information content (AvgIpc) is 2.89. The van der Waals surface area contributed by atoms with Gasteiger partial charge in [-0.3, -0.25) is 4.79 Å². The van der Waals surface area contributed by atoms with Crippen LogP contribution in [0, 0.1) is 17.6 Å². The van der Waals surface area contributed by atoms with Crippen molar-refractivity contribution in [3.8, 4) is 22.8 Å². The van der Waals surface area contributed by atoms with E-state index < -0.39 is 11.6 Å². The summed E-state index contributed by atoms with van der Waals surface area (Å²) in [4.78, 5) is 27.8. The van der Waals surface area contributed by atoms with Crippen LogP contribution in [0.15, 0.2) is 31.0 Å². The third-order valence-electron chi connectivity index (χ3n) is 7.04. The lowest BCUT2D eigenvalue weighted by Crippen LogP contribution is -2.40. The van der Waals surface area contributed by atoms with Gasteiger partial charge in [0.1, 0.15) is 5.52 Å². The number of nitrogens with zero attached hydrogens (tertiary/aromatic N) is 4. The molecular weight excluding hydrogens is 496 g/mol. The van der Waals surface area contributed by atoms with E-state index in [1.807, 2.05) is 4.90 Å². The Morgan fingerprint density at radius 2 is 1.95 bits per heavy atom. The minimum Gasteiger partial charge on any atom is -0.494 e. The van der Waals surface area contributed by atoms with Crippen LogP contribution in [0.4, 0.5) is 20.5 Å². The largest absolute Gasteiger partial charge is 0.494 e. The third kappa shape index (κ3) is 4.85. The van der Waals surface area contributed by atoms with Gasteiger partial charge >= 0.3 is 0 Å². The van der Waals surface area contributed by atoms with Crippen LogP contribution in [0.2, 0.25) is 0 Å². The molecule has 2 aliphatic heterocycles. The Morgan fingerprint density at radius 3 is 2.58 bits per heavy atom. The molecule has 0 amide bonds. The van der Waals surface area contributed by atoms with Gasteiger partial charge in [-0.15, -0.1) is 0 Å². The van der Waals surface area contributed by atoms with Crippen molar-refractivity contribution in [1.29, 1.82) is 0 Å². The van der Waals surface area contributed by atoms with E-state index in [1.165, 1.54) is 20.3 Å². The predicted octanol–water partition coefficient (Wildman–Crippen LogP) is 4.16. The number of hydrogen-bond acceptors (Lipinski definition) is 9. The van der Waals surface area contributed by atoms with Crippen LogP contribution in [0.25, 0.3) is 22.2 Å². The Hall–Kier alpha value is -3.86. The number of carbonyl (C=O) groups is 1. The molecule has 2 saturated heterocycles. The molecule has 0 unspecified atom stereocenters. The topological polar surface area (TPSA) is 98.7 Å². The molecule has 9 nitrogen and oxygen atoms in total. The first kappa shape index (κ1) is 25.8. The minimum absolute atomic E-state index is 0.0198. The summed E-state index contributed by atoms with van der Waals surface area (Å²) in [6, 6.07) is 2.56. The number of aromatic nitrogens is 3. The van der Waals surface area contributed by atoms with Crippen molar-refractivity contribution in [2.45, 2.75) is 25.3 Å². The highest BCUT2D eigenvalue weighted by atomic mass is 19.1. The number of methoxy groups -OCH3 is 2. The fraction of sp³-hybridized carbons (Fsp3) is 0.407. The molecule has 38 heavy (non-hydrogen) atoms. The number of benzene rings is 1. The van der Waals surface area contributed by atoms with Crippen LogP contribution in [-0.2, 0) is 9.53 Å². The number of ketones is 1. The number of rotatable bonds is 9. The molecule has 0 saturated carbocycles. The zero-order chi connectivity index (χ0) is 26.8. The van der Waals surface area contributed by atoms with Crippen molar-refractivity contribution in [3.63, 3.8) is 0 Å². The number of carbonyl (C=O) groups excluding carboxylic acids is 1. The zero-order valence-electron chi connectivity index (χ0n) is 21.3. The zero-order valence-corrected chi connectivity index (χ0v) is 21.3. The van der Waals surface area contributed by atoms with Crippen molar-refractivity contribution < 1.29 is 27.8 Å². The van der Waals surface area contributed by atoms with Crippen LogP contribution in [0.3, 0.4) is 0 Å². The third-order valence-corrected chi connectivity index (χ3v) is 7.04.